The van der Waals surface area contributed by atoms with Crippen molar-refractivity contribution in [1.29, 1.82) is 0 Å². The van der Waals surface area contributed by atoms with Gasteiger partial charge in [0.1, 0.15) is 5.75 Å². The molecule has 3 rings (SSSR count). The largest absolute Gasteiger partial charge is 0.497 e. The molecule has 0 radical (unpaired) electrons. The van der Waals surface area contributed by atoms with Crippen LogP contribution < -0.4 is 10.5 Å². The van der Waals surface area contributed by atoms with Gasteiger partial charge >= 0.3 is 0 Å². The average Bonchev–Trinajstić information content (AvgIpc) is 2.97. The third-order valence-electron chi connectivity index (χ3n) is 2.96. The fourth-order valence-corrected chi connectivity index (χ4v) is 2.26. The number of tetrazole rings is 1. The topological polar surface area (TPSA) is 78.8 Å². The van der Waals surface area contributed by atoms with E-state index in [1.165, 1.54) is 0 Å². The van der Waals surface area contributed by atoms with Crippen molar-refractivity contribution in [2.75, 3.05) is 12.8 Å². The zero-order valence-corrected chi connectivity index (χ0v) is 12.8. The Morgan fingerprint density at radius 1 is 1.14 bits per heavy atom. The van der Waals surface area contributed by atoms with Crippen LogP contribution in [0.4, 0.5) is 5.69 Å². The molecular weight excluding hydrogens is 334 g/mol. The Morgan fingerprint density at radius 3 is 2.62 bits per heavy atom. The lowest BCUT2D eigenvalue weighted by Crippen LogP contribution is -2.00. The molecule has 0 aliphatic rings. The number of rotatable bonds is 3. The summed E-state index contributed by atoms with van der Waals surface area (Å²) in [5, 5.41) is 11.9. The Morgan fingerprint density at radius 2 is 1.90 bits per heavy atom. The summed E-state index contributed by atoms with van der Waals surface area (Å²) in [4.78, 5) is 0. The van der Waals surface area contributed by atoms with Gasteiger partial charge in [0, 0.05) is 21.8 Å². The molecular formula is C14H12BrN5O. The minimum atomic E-state index is 0.592. The van der Waals surface area contributed by atoms with Crippen LogP contribution in [-0.2, 0) is 0 Å². The molecule has 0 aliphatic heterocycles. The molecule has 0 saturated carbocycles. The Balaban J connectivity index is 2.10. The van der Waals surface area contributed by atoms with E-state index in [-0.39, 0.29) is 0 Å². The van der Waals surface area contributed by atoms with Gasteiger partial charge < -0.3 is 10.5 Å². The minimum Gasteiger partial charge on any atom is -0.497 e. The number of benzene rings is 2. The van der Waals surface area contributed by atoms with Gasteiger partial charge in [-0.1, -0.05) is 15.9 Å². The molecule has 6 nitrogen and oxygen atoms in total. The monoisotopic (exact) mass is 345 g/mol. The van der Waals surface area contributed by atoms with E-state index in [0.717, 1.165) is 15.7 Å². The molecule has 1 heterocycles. The van der Waals surface area contributed by atoms with Gasteiger partial charge in [-0.15, -0.1) is 5.10 Å². The molecule has 0 unspecified atom stereocenters. The van der Waals surface area contributed by atoms with Crippen molar-refractivity contribution in [3.63, 3.8) is 0 Å². The van der Waals surface area contributed by atoms with Crippen molar-refractivity contribution < 1.29 is 4.74 Å². The predicted molar refractivity (Wildman–Crippen MR) is 83.3 cm³/mol. The number of hydrogen-bond acceptors (Lipinski definition) is 5. The Hall–Kier alpha value is -2.41. The maximum absolute atomic E-state index is 5.89. The van der Waals surface area contributed by atoms with Gasteiger partial charge in [-0.3, -0.25) is 0 Å². The maximum Gasteiger partial charge on any atom is 0.187 e. The molecule has 21 heavy (non-hydrogen) atoms. The van der Waals surface area contributed by atoms with Crippen LogP contribution >= 0.6 is 15.9 Å². The molecule has 106 valence electrons. The molecule has 0 spiro atoms. The third-order valence-corrected chi connectivity index (χ3v) is 3.49. The smallest absolute Gasteiger partial charge is 0.187 e. The first-order valence-corrected chi connectivity index (χ1v) is 6.96. The van der Waals surface area contributed by atoms with Crippen LogP contribution in [0.2, 0.25) is 0 Å². The van der Waals surface area contributed by atoms with Gasteiger partial charge in [-0.2, -0.15) is 4.68 Å². The fraction of sp³-hybridized carbons (Fsp3) is 0.0714. The fourth-order valence-electron chi connectivity index (χ4n) is 1.99. The van der Waals surface area contributed by atoms with Crippen LogP contribution in [0.1, 0.15) is 0 Å². The number of hydrogen-bond donors (Lipinski definition) is 1. The second kappa shape index (κ2) is 5.53. The third kappa shape index (κ3) is 2.73. The lowest BCUT2D eigenvalue weighted by molar-refractivity contribution is 0.415. The van der Waals surface area contributed by atoms with Crippen LogP contribution in [0.15, 0.2) is 46.9 Å². The Labute approximate surface area is 129 Å². The first-order chi connectivity index (χ1) is 10.2. The highest BCUT2D eigenvalue weighted by Crippen LogP contribution is 2.27. The number of aromatic nitrogens is 4. The quantitative estimate of drug-likeness (QED) is 0.738. The maximum atomic E-state index is 5.89. The van der Waals surface area contributed by atoms with E-state index in [2.05, 4.69) is 31.5 Å². The van der Waals surface area contributed by atoms with E-state index in [4.69, 9.17) is 10.5 Å². The van der Waals surface area contributed by atoms with Crippen LogP contribution in [0.25, 0.3) is 17.1 Å². The molecule has 0 bridgehead atoms. The van der Waals surface area contributed by atoms with Gasteiger partial charge in [0.25, 0.3) is 0 Å². The van der Waals surface area contributed by atoms with Crippen LogP contribution in [0.3, 0.4) is 0 Å². The summed E-state index contributed by atoms with van der Waals surface area (Å²) in [5.74, 6) is 1.26. The van der Waals surface area contributed by atoms with E-state index in [0.29, 0.717) is 17.3 Å². The molecule has 7 heteroatoms. The first kappa shape index (κ1) is 13.6. The zero-order chi connectivity index (χ0) is 14.8. The van der Waals surface area contributed by atoms with Gasteiger partial charge in [0.15, 0.2) is 5.82 Å². The van der Waals surface area contributed by atoms with Gasteiger partial charge in [-0.05, 0) is 46.8 Å². The number of nitrogens with two attached hydrogens (primary N) is 1. The molecule has 2 N–H and O–H groups in total. The Kier molecular flexibility index (Phi) is 3.57. The predicted octanol–water partition coefficient (Wildman–Crippen LogP) is 2.68. The highest BCUT2D eigenvalue weighted by molar-refractivity contribution is 9.10. The number of anilines is 1. The lowest BCUT2D eigenvalue weighted by Gasteiger charge is -2.07. The van der Waals surface area contributed by atoms with Crippen LogP contribution in [0, 0.1) is 0 Å². The van der Waals surface area contributed by atoms with E-state index in [1.807, 2.05) is 36.4 Å². The Bertz CT molecular complexity index is 769. The van der Waals surface area contributed by atoms with Crippen molar-refractivity contribution in [3.05, 3.63) is 46.9 Å². The molecule has 0 atom stereocenters. The standard InChI is InChI=1S/C14H12BrN5O/c1-21-13-7-9(6-11(16)8-13)14-17-18-19-20(14)12-4-2-10(15)3-5-12/h2-8H,16H2,1H3. The average molecular weight is 346 g/mol. The molecule has 2 aromatic carbocycles. The SMILES string of the molecule is COc1cc(N)cc(-c2nnnn2-c2ccc(Br)cc2)c1. The summed E-state index contributed by atoms with van der Waals surface area (Å²) in [5.41, 5.74) is 8.13. The number of ether oxygens (including phenoxy) is 1. The highest BCUT2D eigenvalue weighted by atomic mass is 79.9. The van der Waals surface area contributed by atoms with Gasteiger partial charge in [-0.25, -0.2) is 0 Å². The lowest BCUT2D eigenvalue weighted by atomic mass is 10.1. The first-order valence-electron chi connectivity index (χ1n) is 6.16. The van der Waals surface area contributed by atoms with Crippen molar-refractivity contribution >= 4 is 21.6 Å². The summed E-state index contributed by atoms with van der Waals surface area (Å²) >= 11 is 3.41. The molecule has 0 saturated heterocycles. The second-order valence-corrected chi connectivity index (χ2v) is 5.30. The number of halogens is 1. The van der Waals surface area contributed by atoms with Crippen molar-refractivity contribution in [3.8, 4) is 22.8 Å². The van der Waals surface area contributed by atoms with Crippen molar-refractivity contribution in [1.82, 2.24) is 20.2 Å². The number of methoxy groups -OCH3 is 1. The summed E-state index contributed by atoms with van der Waals surface area (Å²) in [6.45, 7) is 0. The molecule has 3 aromatic rings. The van der Waals surface area contributed by atoms with E-state index in [1.54, 1.807) is 17.9 Å². The summed E-state index contributed by atoms with van der Waals surface area (Å²) in [6, 6.07) is 13.1. The van der Waals surface area contributed by atoms with Crippen LogP contribution in [-0.4, -0.2) is 27.3 Å². The summed E-state index contributed by atoms with van der Waals surface area (Å²) in [7, 11) is 1.59. The number of nitrogens with zero attached hydrogens (tertiary/aromatic N) is 4. The van der Waals surface area contributed by atoms with Crippen LogP contribution in [0.5, 0.6) is 5.75 Å². The summed E-state index contributed by atoms with van der Waals surface area (Å²) in [6.07, 6.45) is 0. The number of nitrogen functional groups attached to an aromatic ring is 1. The van der Waals surface area contributed by atoms with E-state index >= 15 is 0 Å². The highest BCUT2D eigenvalue weighted by Gasteiger charge is 2.12. The van der Waals surface area contributed by atoms with E-state index < -0.39 is 0 Å². The van der Waals surface area contributed by atoms with Gasteiger partial charge in [0.05, 0.1) is 12.8 Å². The summed E-state index contributed by atoms with van der Waals surface area (Å²) < 4.78 is 7.88. The normalized spacial score (nSPS) is 10.6. The van der Waals surface area contributed by atoms with Crippen molar-refractivity contribution in [2.45, 2.75) is 0 Å². The van der Waals surface area contributed by atoms with Gasteiger partial charge in [0.2, 0.25) is 0 Å². The van der Waals surface area contributed by atoms with Crippen molar-refractivity contribution in [2.24, 2.45) is 0 Å². The molecule has 0 fully saturated rings. The minimum absolute atomic E-state index is 0.592. The molecule has 0 amide bonds. The second-order valence-electron chi connectivity index (χ2n) is 4.39. The molecule has 0 aliphatic carbocycles. The zero-order valence-electron chi connectivity index (χ0n) is 11.2. The molecule has 1 aromatic heterocycles. The van der Waals surface area contributed by atoms with E-state index in [9.17, 15) is 0 Å².